The van der Waals surface area contributed by atoms with Crippen molar-refractivity contribution in [2.24, 2.45) is 0 Å². The lowest BCUT2D eigenvalue weighted by molar-refractivity contribution is -0.137. The van der Waals surface area contributed by atoms with Gasteiger partial charge in [0.15, 0.2) is 5.65 Å². The highest BCUT2D eigenvalue weighted by Crippen LogP contribution is 2.29. The summed E-state index contributed by atoms with van der Waals surface area (Å²) >= 11 is 0. The van der Waals surface area contributed by atoms with Gasteiger partial charge < -0.3 is 9.72 Å². The van der Waals surface area contributed by atoms with Crippen LogP contribution in [0.4, 0.5) is 13.2 Å². The number of ether oxygens (including phenoxy) is 1. The number of aromatic nitrogens is 4. The van der Waals surface area contributed by atoms with Crippen LogP contribution in [0.2, 0.25) is 0 Å². The Balaban J connectivity index is 1.66. The maximum Gasteiger partial charge on any atom is 0.416 e. The number of H-pyrrole nitrogens is 1. The second-order valence-electron chi connectivity index (χ2n) is 4.60. The largest absolute Gasteiger partial charge is 0.455 e. The normalized spacial score (nSPS) is 11.6. The zero-order valence-corrected chi connectivity index (χ0v) is 11.5. The quantitative estimate of drug-likeness (QED) is 0.750. The molecular formula is C14H9F3N4O2. The summed E-state index contributed by atoms with van der Waals surface area (Å²) in [6.45, 7) is -0.182. The Morgan fingerprint density at radius 3 is 2.61 bits per heavy atom. The molecule has 1 aromatic carbocycles. The summed E-state index contributed by atoms with van der Waals surface area (Å²) < 4.78 is 42.3. The van der Waals surface area contributed by atoms with E-state index in [0.29, 0.717) is 16.7 Å². The van der Waals surface area contributed by atoms with Crippen molar-refractivity contribution in [1.29, 1.82) is 0 Å². The predicted octanol–water partition coefficient (Wildman–Crippen LogP) is 2.73. The molecule has 0 radical (unpaired) electrons. The molecule has 2 aromatic heterocycles. The van der Waals surface area contributed by atoms with Crippen molar-refractivity contribution in [2.75, 3.05) is 0 Å². The third-order valence-electron chi connectivity index (χ3n) is 3.01. The highest BCUT2D eigenvalue weighted by atomic mass is 19.4. The Kier molecular flexibility index (Phi) is 3.68. The summed E-state index contributed by atoms with van der Waals surface area (Å²) in [5.41, 5.74) is 0.554. The summed E-state index contributed by atoms with van der Waals surface area (Å²) in [5.74, 6) is -0.952. The van der Waals surface area contributed by atoms with E-state index in [1.165, 1.54) is 24.7 Å². The van der Waals surface area contributed by atoms with Crippen molar-refractivity contribution in [1.82, 2.24) is 19.9 Å². The average molecular weight is 322 g/mol. The number of fused-ring (bicyclic) bond motifs is 1. The number of carbonyl (C=O) groups is 1. The van der Waals surface area contributed by atoms with E-state index in [2.05, 4.69) is 19.9 Å². The molecule has 1 N–H and O–H groups in total. The molecule has 0 amide bonds. The van der Waals surface area contributed by atoms with Gasteiger partial charge in [-0.2, -0.15) is 13.2 Å². The van der Waals surface area contributed by atoms with E-state index in [1.807, 2.05) is 0 Å². The monoisotopic (exact) mass is 322 g/mol. The number of carbonyl (C=O) groups excluding carboxylic acids is 1. The van der Waals surface area contributed by atoms with E-state index in [0.717, 1.165) is 12.1 Å². The minimum absolute atomic E-state index is 0.170. The van der Waals surface area contributed by atoms with Gasteiger partial charge in [0.2, 0.25) is 5.82 Å². The van der Waals surface area contributed by atoms with Gasteiger partial charge >= 0.3 is 12.1 Å². The minimum Gasteiger partial charge on any atom is -0.455 e. The van der Waals surface area contributed by atoms with Crippen LogP contribution in [0.25, 0.3) is 11.2 Å². The van der Waals surface area contributed by atoms with E-state index < -0.39 is 17.7 Å². The summed E-state index contributed by atoms with van der Waals surface area (Å²) in [5, 5.41) is 0. The first-order chi connectivity index (χ1) is 10.9. The Morgan fingerprint density at radius 2 is 1.91 bits per heavy atom. The van der Waals surface area contributed by atoms with Crippen molar-refractivity contribution < 1.29 is 22.7 Å². The molecule has 0 unspecified atom stereocenters. The molecule has 0 saturated heterocycles. The number of rotatable bonds is 3. The van der Waals surface area contributed by atoms with Crippen molar-refractivity contribution in [2.45, 2.75) is 12.8 Å². The van der Waals surface area contributed by atoms with E-state index in [1.54, 1.807) is 0 Å². The maximum atomic E-state index is 12.4. The fraction of sp³-hybridized carbons (Fsp3) is 0.143. The number of esters is 1. The van der Waals surface area contributed by atoms with Crippen LogP contribution in [-0.4, -0.2) is 25.9 Å². The number of hydrogen-bond donors (Lipinski definition) is 1. The summed E-state index contributed by atoms with van der Waals surface area (Å²) in [6.07, 6.45) is -1.59. The standard InChI is InChI=1S/C14H9F3N4O2/c15-14(16,17)9-3-1-8(2-4-9)6-23-13(22)12-18-5-10-11(21-12)20-7-19-10/h1-5,7H,6H2,(H,18,19,20,21). The Labute approximate surface area is 127 Å². The van der Waals surface area contributed by atoms with Gasteiger partial charge in [-0.25, -0.2) is 19.7 Å². The van der Waals surface area contributed by atoms with E-state index in [9.17, 15) is 18.0 Å². The lowest BCUT2D eigenvalue weighted by Gasteiger charge is -2.08. The van der Waals surface area contributed by atoms with Crippen LogP contribution in [-0.2, 0) is 17.5 Å². The first-order valence-electron chi connectivity index (χ1n) is 6.43. The second-order valence-corrected chi connectivity index (χ2v) is 4.60. The molecule has 3 rings (SSSR count). The molecule has 118 valence electrons. The topological polar surface area (TPSA) is 80.8 Å². The molecule has 3 aromatic rings. The zero-order valence-electron chi connectivity index (χ0n) is 11.5. The van der Waals surface area contributed by atoms with Gasteiger partial charge in [0.1, 0.15) is 12.1 Å². The number of aromatic amines is 1. The SMILES string of the molecule is O=C(OCc1ccc(C(F)(F)F)cc1)c1ncc2[nH]cnc2n1. The third-order valence-corrected chi connectivity index (χ3v) is 3.01. The predicted molar refractivity (Wildman–Crippen MR) is 72.2 cm³/mol. The molecule has 0 bridgehead atoms. The lowest BCUT2D eigenvalue weighted by Crippen LogP contribution is -2.10. The van der Waals surface area contributed by atoms with Gasteiger partial charge in [-0.1, -0.05) is 12.1 Å². The minimum atomic E-state index is -4.40. The molecule has 0 aliphatic heterocycles. The van der Waals surface area contributed by atoms with Gasteiger partial charge in [-0.3, -0.25) is 0 Å². The Bertz CT molecular complexity index is 843. The van der Waals surface area contributed by atoms with Gasteiger partial charge in [0, 0.05) is 0 Å². The van der Waals surface area contributed by atoms with Crippen molar-refractivity contribution in [3.8, 4) is 0 Å². The highest BCUT2D eigenvalue weighted by molar-refractivity contribution is 5.87. The maximum absolute atomic E-state index is 12.4. The fourth-order valence-electron chi connectivity index (χ4n) is 1.84. The van der Waals surface area contributed by atoms with Gasteiger partial charge in [-0.05, 0) is 17.7 Å². The van der Waals surface area contributed by atoms with Crippen LogP contribution in [0.3, 0.4) is 0 Å². The Morgan fingerprint density at radius 1 is 1.17 bits per heavy atom. The first kappa shape index (κ1) is 14.9. The van der Waals surface area contributed by atoms with E-state index in [4.69, 9.17) is 4.74 Å². The first-order valence-corrected chi connectivity index (χ1v) is 6.43. The summed E-state index contributed by atoms with van der Waals surface area (Å²) in [4.78, 5) is 26.3. The van der Waals surface area contributed by atoms with Crippen molar-refractivity contribution in [3.05, 3.63) is 53.7 Å². The molecule has 9 heteroatoms. The average Bonchev–Trinajstić information content (AvgIpc) is 2.99. The van der Waals surface area contributed by atoms with Crippen LogP contribution in [0.5, 0.6) is 0 Å². The molecule has 6 nitrogen and oxygen atoms in total. The van der Waals surface area contributed by atoms with Gasteiger partial charge in [0.25, 0.3) is 0 Å². The fourth-order valence-corrected chi connectivity index (χ4v) is 1.84. The van der Waals surface area contributed by atoms with Gasteiger partial charge in [-0.15, -0.1) is 0 Å². The van der Waals surface area contributed by atoms with Crippen LogP contribution in [0.1, 0.15) is 21.7 Å². The molecule has 23 heavy (non-hydrogen) atoms. The van der Waals surface area contributed by atoms with Gasteiger partial charge in [0.05, 0.1) is 18.1 Å². The molecule has 0 saturated carbocycles. The van der Waals surface area contributed by atoms with Crippen LogP contribution in [0, 0.1) is 0 Å². The third kappa shape index (κ3) is 3.28. The van der Waals surface area contributed by atoms with Crippen LogP contribution >= 0.6 is 0 Å². The number of alkyl halides is 3. The van der Waals surface area contributed by atoms with E-state index >= 15 is 0 Å². The van der Waals surface area contributed by atoms with Crippen LogP contribution in [0.15, 0.2) is 36.8 Å². The molecule has 0 aliphatic rings. The Hall–Kier alpha value is -2.97. The van der Waals surface area contributed by atoms with E-state index in [-0.39, 0.29) is 12.4 Å². The van der Waals surface area contributed by atoms with Crippen molar-refractivity contribution in [3.63, 3.8) is 0 Å². The summed E-state index contributed by atoms with van der Waals surface area (Å²) in [7, 11) is 0. The van der Waals surface area contributed by atoms with Crippen molar-refractivity contribution >= 4 is 17.1 Å². The lowest BCUT2D eigenvalue weighted by atomic mass is 10.1. The molecule has 0 aliphatic carbocycles. The molecule has 2 heterocycles. The smallest absolute Gasteiger partial charge is 0.416 e. The number of hydrogen-bond acceptors (Lipinski definition) is 5. The number of halogens is 3. The number of benzene rings is 1. The zero-order chi connectivity index (χ0) is 16.4. The molecular weight excluding hydrogens is 313 g/mol. The molecule has 0 spiro atoms. The molecule has 0 fully saturated rings. The number of imidazole rings is 1. The summed E-state index contributed by atoms with van der Waals surface area (Å²) in [6, 6.07) is 4.34. The number of nitrogens with one attached hydrogen (secondary N) is 1. The second kappa shape index (κ2) is 5.67. The number of nitrogens with zero attached hydrogens (tertiary/aromatic N) is 3. The van der Waals surface area contributed by atoms with Crippen LogP contribution < -0.4 is 0 Å². The molecule has 0 atom stereocenters. The highest BCUT2D eigenvalue weighted by Gasteiger charge is 2.29.